The van der Waals surface area contributed by atoms with E-state index in [1.807, 2.05) is 0 Å². The van der Waals surface area contributed by atoms with E-state index >= 15 is 0 Å². The van der Waals surface area contributed by atoms with E-state index in [0.29, 0.717) is 5.56 Å². The van der Waals surface area contributed by atoms with E-state index in [9.17, 15) is 14.4 Å². The Bertz CT molecular complexity index is 548. The molecule has 0 spiro atoms. The van der Waals surface area contributed by atoms with Crippen molar-refractivity contribution in [2.24, 2.45) is 5.92 Å². The summed E-state index contributed by atoms with van der Waals surface area (Å²) in [4.78, 5) is 12.2. The molecule has 0 heterocycles. The van der Waals surface area contributed by atoms with Crippen molar-refractivity contribution in [2.45, 2.75) is 38.1 Å². The number of methoxy groups -OCH3 is 1. The Balaban J connectivity index is 2.07. The van der Waals surface area contributed by atoms with Crippen LogP contribution in [-0.4, -0.2) is 19.1 Å². The minimum Gasteiger partial charge on any atom is -0.494 e. The molecule has 1 saturated carbocycles. The first-order valence-electron chi connectivity index (χ1n) is 7.19. The smallest absolute Gasteiger partial charge is 0.252 e. The maximum absolute atomic E-state index is 13.3. The quantitative estimate of drug-likeness (QED) is 0.927. The fraction of sp³-hybridized carbons (Fsp3) is 0.500. The van der Waals surface area contributed by atoms with E-state index in [1.54, 1.807) is 0 Å². The van der Waals surface area contributed by atoms with Gasteiger partial charge in [0.2, 0.25) is 0 Å². The lowest BCUT2D eigenvalue weighted by Crippen LogP contribution is -2.40. The molecule has 0 saturated heterocycles. The minimum absolute atomic E-state index is 0.0221. The van der Waals surface area contributed by atoms with Gasteiger partial charge in [0.15, 0.2) is 11.6 Å². The number of halogens is 1. The lowest BCUT2D eigenvalue weighted by Gasteiger charge is -2.26. The third kappa shape index (κ3) is 3.72. The normalized spacial score (nSPS) is 16.8. The predicted molar refractivity (Wildman–Crippen MR) is 76.4 cm³/mol. The fourth-order valence-electron chi connectivity index (χ4n) is 2.75. The number of carbonyl (C=O) groups excluding carboxylic acids is 1. The van der Waals surface area contributed by atoms with Crippen molar-refractivity contribution in [2.75, 3.05) is 7.11 Å². The van der Waals surface area contributed by atoms with Gasteiger partial charge < -0.3 is 10.1 Å². The summed E-state index contributed by atoms with van der Waals surface area (Å²) in [6.07, 6.45) is 5.32. The summed E-state index contributed by atoms with van der Waals surface area (Å²) in [7, 11) is 1.35. The predicted octanol–water partition coefficient (Wildman–Crippen LogP) is 3.04. The number of hydrogen-bond acceptors (Lipinski definition) is 3. The molecule has 0 radical (unpaired) electrons. The van der Waals surface area contributed by atoms with Gasteiger partial charge in [-0.15, -0.1) is 0 Å². The van der Waals surface area contributed by atoms with Crippen LogP contribution in [-0.2, 0) is 0 Å². The first-order valence-corrected chi connectivity index (χ1v) is 7.19. The summed E-state index contributed by atoms with van der Waals surface area (Å²) in [6.45, 7) is 0. The van der Waals surface area contributed by atoms with Crippen LogP contribution in [0.5, 0.6) is 5.75 Å². The number of ether oxygens (including phenoxy) is 1. The molecule has 1 fully saturated rings. The molecular formula is C16H19FN2O2. The van der Waals surface area contributed by atoms with Gasteiger partial charge in [0.05, 0.1) is 13.2 Å². The van der Waals surface area contributed by atoms with E-state index in [0.717, 1.165) is 25.7 Å². The second-order valence-corrected chi connectivity index (χ2v) is 5.33. The molecule has 0 bridgehead atoms. The number of hydrogen-bond donors (Lipinski definition) is 1. The van der Waals surface area contributed by atoms with Gasteiger partial charge >= 0.3 is 0 Å². The standard InChI is InChI=1S/C16H19FN2O2/c1-21-15-9-12(7-8-13(15)17)16(20)19-14(10-18)11-5-3-2-4-6-11/h7-9,11,14H,2-6H2,1H3,(H,19,20). The molecule has 1 amide bonds. The molecule has 21 heavy (non-hydrogen) atoms. The number of rotatable bonds is 4. The summed E-state index contributed by atoms with van der Waals surface area (Å²) >= 11 is 0. The fourth-order valence-corrected chi connectivity index (χ4v) is 2.75. The number of carbonyl (C=O) groups is 1. The van der Waals surface area contributed by atoms with Crippen molar-refractivity contribution in [1.29, 1.82) is 5.26 Å². The SMILES string of the molecule is COc1cc(C(=O)NC(C#N)C2CCCCC2)ccc1F. The van der Waals surface area contributed by atoms with Gasteiger partial charge in [0.25, 0.3) is 5.91 Å². The van der Waals surface area contributed by atoms with Gasteiger partial charge in [-0.3, -0.25) is 4.79 Å². The maximum atomic E-state index is 13.3. The van der Waals surface area contributed by atoms with Crippen LogP contribution < -0.4 is 10.1 Å². The van der Waals surface area contributed by atoms with Crippen LogP contribution in [0.15, 0.2) is 18.2 Å². The van der Waals surface area contributed by atoms with Gasteiger partial charge in [-0.1, -0.05) is 19.3 Å². The van der Waals surface area contributed by atoms with Crippen LogP contribution in [0.3, 0.4) is 0 Å². The summed E-state index contributed by atoms with van der Waals surface area (Å²) in [5.41, 5.74) is 0.296. The largest absolute Gasteiger partial charge is 0.494 e. The molecule has 112 valence electrons. The Labute approximate surface area is 123 Å². The van der Waals surface area contributed by atoms with Crippen LogP contribution in [0.4, 0.5) is 4.39 Å². The highest BCUT2D eigenvalue weighted by Gasteiger charge is 2.25. The van der Waals surface area contributed by atoms with Crippen molar-refractivity contribution < 1.29 is 13.9 Å². The zero-order valence-corrected chi connectivity index (χ0v) is 12.1. The molecule has 1 aliphatic carbocycles. The van der Waals surface area contributed by atoms with Crippen LogP contribution in [0.25, 0.3) is 0 Å². The van der Waals surface area contributed by atoms with Crippen molar-refractivity contribution >= 4 is 5.91 Å². The molecule has 4 nitrogen and oxygen atoms in total. The van der Waals surface area contributed by atoms with Crippen LogP contribution in [0, 0.1) is 23.1 Å². The molecule has 0 aromatic heterocycles. The lowest BCUT2D eigenvalue weighted by atomic mass is 9.84. The van der Waals surface area contributed by atoms with Crippen molar-refractivity contribution in [3.8, 4) is 11.8 Å². The maximum Gasteiger partial charge on any atom is 0.252 e. The van der Waals surface area contributed by atoms with E-state index in [-0.39, 0.29) is 17.6 Å². The summed E-state index contributed by atoms with van der Waals surface area (Å²) in [5, 5.41) is 12.0. The number of amides is 1. The molecular weight excluding hydrogens is 271 g/mol. The average Bonchev–Trinajstić information content (AvgIpc) is 2.53. The Morgan fingerprint density at radius 3 is 2.76 bits per heavy atom. The van der Waals surface area contributed by atoms with Crippen LogP contribution >= 0.6 is 0 Å². The summed E-state index contributed by atoms with van der Waals surface area (Å²) in [5.74, 6) is -0.660. The zero-order chi connectivity index (χ0) is 15.2. The lowest BCUT2D eigenvalue weighted by molar-refractivity contribution is 0.0928. The van der Waals surface area contributed by atoms with Crippen molar-refractivity contribution in [3.63, 3.8) is 0 Å². The number of benzene rings is 1. The number of nitrogens with zero attached hydrogens (tertiary/aromatic N) is 1. The third-order valence-electron chi connectivity index (χ3n) is 3.96. The molecule has 2 rings (SSSR count). The molecule has 1 aromatic carbocycles. The number of nitriles is 1. The first-order chi connectivity index (χ1) is 10.2. The Kier molecular flexibility index (Phi) is 5.15. The van der Waals surface area contributed by atoms with Crippen molar-refractivity contribution in [1.82, 2.24) is 5.32 Å². The number of nitrogens with one attached hydrogen (secondary N) is 1. The summed E-state index contributed by atoms with van der Waals surface area (Å²) in [6, 6.07) is 5.61. The Morgan fingerprint density at radius 2 is 2.14 bits per heavy atom. The second-order valence-electron chi connectivity index (χ2n) is 5.33. The highest BCUT2D eigenvalue weighted by molar-refractivity contribution is 5.95. The van der Waals surface area contributed by atoms with E-state index in [4.69, 9.17) is 4.74 Å². The van der Waals surface area contributed by atoms with Crippen LogP contribution in [0.2, 0.25) is 0 Å². The van der Waals surface area contributed by atoms with Gasteiger partial charge in [-0.05, 0) is 37.0 Å². The molecule has 0 aliphatic heterocycles. The van der Waals surface area contributed by atoms with Crippen molar-refractivity contribution in [3.05, 3.63) is 29.6 Å². The molecule has 1 aromatic rings. The van der Waals surface area contributed by atoms with Gasteiger partial charge in [-0.25, -0.2) is 4.39 Å². The Morgan fingerprint density at radius 1 is 1.43 bits per heavy atom. The molecule has 1 unspecified atom stereocenters. The highest BCUT2D eigenvalue weighted by atomic mass is 19.1. The van der Waals surface area contributed by atoms with Gasteiger partial charge in [-0.2, -0.15) is 5.26 Å². The topological polar surface area (TPSA) is 62.1 Å². The van der Waals surface area contributed by atoms with E-state index in [1.165, 1.54) is 31.7 Å². The monoisotopic (exact) mass is 290 g/mol. The highest BCUT2D eigenvalue weighted by Crippen LogP contribution is 2.26. The molecule has 5 heteroatoms. The first kappa shape index (κ1) is 15.3. The molecule has 1 atom stereocenters. The third-order valence-corrected chi connectivity index (χ3v) is 3.96. The molecule has 1 N–H and O–H groups in total. The van der Waals surface area contributed by atoms with Gasteiger partial charge in [0, 0.05) is 5.56 Å². The average molecular weight is 290 g/mol. The van der Waals surface area contributed by atoms with Gasteiger partial charge in [0.1, 0.15) is 6.04 Å². The summed E-state index contributed by atoms with van der Waals surface area (Å²) < 4.78 is 18.2. The van der Waals surface area contributed by atoms with E-state index in [2.05, 4.69) is 11.4 Å². The second kappa shape index (κ2) is 7.07. The van der Waals surface area contributed by atoms with Crippen LogP contribution in [0.1, 0.15) is 42.5 Å². The Hall–Kier alpha value is -2.09. The van der Waals surface area contributed by atoms with E-state index < -0.39 is 11.9 Å². The zero-order valence-electron chi connectivity index (χ0n) is 12.1. The minimum atomic E-state index is -0.516. The molecule has 1 aliphatic rings.